The number of hydrogen-bond donors (Lipinski definition) is 0. The third-order valence-corrected chi connectivity index (χ3v) is 7.00. The Bertz CT molecular complexity index is 449. The highest BCUT2D eigenvalue weighted by atomic mass is 127. The molecular weight excluding hydrogens is 379 g/mol. The average Bonchev–Trinajstić information content (AvgIpc) is 2.55. The fraction of sp³-hybridized carbons (Fsp3) is 0.714. The first-order valence-electron chi connectivity index (χ1n) is 9.51. The van der Waals surface area contributed by atoms with Gasteiger partial charge in [0.1, 0.15) is 0 Å². The normalized spacial score (nSPS) is 31.7. The number of rotatable bonds is 5. The van der Waals surface area contributed by atoms with Crippen LogP contribution in [0.25, 0.3) is 0 Å². The Labute approximate surface area is 150 Å². The van der Waals surface area contributed by atoms with E-state index in [4.69, 9.17) is 0 Å². The van der Waals surface area contributed by atoms with E-state index in [2.05, 4.69) is 53.8 Å². The van der Waals surface area contributed by atoms with E-state index in [0.717, 1.165) is 23.7 Å². The van der Waals surface area contributed by atoms with E-state index in [0.29, 0.717) is 0 Å². The van der Waals surface area contributed by atoms with E-state index < -0.39 is 0 Å². The molecule has 0 N–H and O–H groups in total. The van der Waals surface area contributed by atoms with Gasteiger partial charge >= 0.3 is 0 Å². The van der Waals surface area contributed by atoms with Crippen molar-refractivity contribution in [2.45, 2.75) is 77.0 Å². The van der Waals surface area contributed by atoms with Gasteiger partial charge in [-0.05, 0) is 96.1 Å². The molecule has 2 aliphatic carbocycles. The van der Waals surface area contributed by atoms with Crippen molar-refractivity contribution in [1.82, 2.24) is 0 Å². The second kappa shape index (κ2) is 8.17. The zero-order chi connectivity index (χ0) is 15.4. The fourth-order valence-corrected chi connectivity index (χ4v) is 5.33. The maximum absolute atomic E-state index is 2.41. The lowest BCUT2D eigenvalue weighted by molar-refractivity contribution is 0.113. The molecule has 2 saturated carbocycles. The van der Waals surface area contributed by atoms with Crippen molar-refractivity contribution < 1.29 is 0 Å². The van der Waals surface area contributed by atoms with E-state index in [1.54, 1.807) is 12.0 Å². The summed E-state index contributed by atoms with van der Waals surface area (Å²) in [6.07, 6.45) is 14.8. The summed E-state index contributed by atoms with van der Waals surface area (Å²) in [6.45, 7) is 2.32. The van der Waals surface area contributed by atoms with Crippen LogP contribution >= 0.6 is 22.6 Å². The molecule has 0 radical (unpaired) electrons. The van der Waals surface area contributed by atoms with Gasteiger partial charge in [-0.2, -0.15) is 0 Å². The van der Waals surface area contributed by atoms with Crippen LogP contribution in [0.15, 0.2) is 24.3 Å². The second-order valence-corrected chi connectivity index (χ2v) is 9.00. The summed E-state index contributed by atoms with van der Waals surface area (Å²) in [4.78, 5) is 0. The minimum Gasteiger partial charge on any atom is -0.0654 e. The van der Waals surface area contributed by atoms with Crippen LogP contribution in [0.5, 0.6) is 0 Å². The molecule has 0 aromatic heterocycles. The minimum absolute atomic E-state index is 0.842. The number of fused-ring (bicyclic) bond motifs is 1. The highest BCUT2D eigenvalue weighted by Crippen LogP contribution is 2.48. The molecule has 22 heavy (non-hydrogen) atoms. The standard InChI is InChI=1S/C21H31I/c1-2-3-4-5-16-6-7-20-15-19(9-8-18(20)14-16)17-10-12-21(22)13-11-17/h10-13,16,18-20H,2-9,14-15H2,1H3. The summed E-state index contributed by atoms with van der Waals surface area (Å²) in [7, 11) is 0. The Morgan fingerprint density at radius 2 is 1.64 bits per heavy atom. The molecule has 1 aromatic carbocycles. The molecule has 1 aromatic rings. The molecule has 0 amide bonds. The van der Waals surface area contributed by atoms with Crippen molar-refractivity contribution in [1.29, 1.82) is 0 Å². The van der Waals surface area contributed by atoms with Gasteiger partial charge in [-0.3, -0.25) is 0 Å². The molecule has 0 heterocycles. The SMILES string of the molecule is CCCCCC1CCC2CC(c3ccc(I)cc3)CCC2C1. The molecule has 0 nitrogen and oxygen atoms in total. The van der Waals surface area contributed by atoms with Gasteiger partial charge in [0, 0.05) is 3.57 Å². The average molecular weight is 410 g/mol. The van der Waals surface area contributed by atoms with Crippen LogP contribution in [0, 0.1) is 21.3 Å². The molecule has 2 fully saturated rings. The Hall–Kier alpha value is -0.0500. The molecule has 122 valence electrons. The van der Waals surface area contributed by atoms with Crippen molar-refractivity contribution in [2.24, 2.45) is 17.8 Å². The minimum atomic E-state index is 0.842. The van der Waals surface area contributed by atoms with Crippen LogP contribution in [0.2, 0.25) is 0 Å². The Kier molecular flexibility index (Phi) is 6.24. The molecule has 1 heteroatoms. The summed E-state index contributed by atoms with van der Waals surface area (Å²) in [5, 5.41) is 0. The topological polar surface area (TPSA) is 0 Å². The first-order chi connectivity index (χ1) is 10.8. The predicted octanol–water partition coefficient (Wildman–Crippen LogP) is 7.17. The molecule has 3 rings (SSSR count). The largest absolute Gasteiger partial charge is 0.0654 e. The van der Waals surface area contributed by atoms with Crippen molar-refractivity contribution >= 4 is 22.6 Å². The second-order valence-electron chi connectivity index (χ2n) is 7.76. The zero-order valence-electron chi connectivity index (χ0n) is 14.1. The summed E-state index contributed by atoms with van der Waals surface area (Å²) in [5.41, 5.74) is 1.60. The van der Waals surface area contributed by atoms with Crippen molar-refractivity contribution in [2.75, 3.05) is 0 Å². The van der Waals surface area contributed by atoms with Gasteiger partial charge in [0.05, 0.1) is 0 Å². The molecule has 4 atom stereocenters. The van der Waals surface area contributed by atoms with Crippen LogP contribution in [0.4, 0.5) is 0 Å². The highest BCUT2D eigenvalue weighted by molar-refractivity contribution is 14.1. The van der Waals surface area contributed by atoms with Gasteiger partial charge < -0.3 is 0 Å². The van der Waals surface area contributed by atoms with Gasteiger partial charge in [-0.25, -0.2) is 0 Å². The Morgan fingerprint density at radius 1 is 0.909 bits per heavy atom. The lowest BCUT2D eigenvalue weighted by Gasteiger charge is -2.42. The predicted molar refractivity (Wildman–Crippen MR) is 104 cm³/mol. The smallest absolute Gasteiger partial charge is 0.0130 e. The zero-order valence-corrected chi connectivity index (χ0v) is 16.2. The third kappa shape index (κ3) is 4.27. The number of benzene rings is 1. The van der Waals surface area contributed by atoms with Crippen LogP contribution in [0.1, 0.15) is 82.6 Å². The summed E-state index contributed by atoms with van der Waals surface area (Å²) >= 11 is 2.41. The van der Waals surface area contributed by atoms with Crippen LogP contribution in [-0.4, -0.2) is 0 Å². The molecular formula is C21H31I. The summed E-state index contributed by atoms with van der Waals surface area (Å²) < 4.78 is 1.36. The summed E-state index contributed by atoms with van der Waals surface area (Å²) in [5.74, 6) is 3.98. The van der Waals surface area contributed by atoms with E-state index >= 15 is 0 Å². The summed E-state index contributed by atoms with van der Waals surface area (Å²) in [6, 6.07) is 9.32. The highest BCUT2D eigenvalue weighted by Gasteiger charge is 2.35. The molecule has 2 aliphatic rings. The third-order valence-electron chi connectivity index (χ3n) is 6.28. The van der Waals surface area contributed by atoms with E-state index in [-0.39, 0.29) is 0 Å². The van der Waals surface area contributed by atoms with E-state index in [1.807, 2.05) is 0 Å². The van der Waals surface area contributed by atoms with Gasteiger partial charge in [-0.15, -0.1) is 0 Å². The van der Waals surface area contributed by atoms with Gasteiger partial charge in [0.25, 0.3) is 0 Å². The lowest BCUT2D eigenvalue weighted by Crippen LogP contribution is -2.30. The van der Waals surface area contributed by atoms with Crippen molar-refractivity contribution in [3.05, 3.63) is 33.4 Å². The van der Waals surface area contributed by atoms with Gasteiger partial charge in [0.2, 0.25) is 0 Å². The maximum atomic E-state index is 2.41. The van der Waals surface area contributed by atoms with E-state index in [1.165, 1.54) is 61.4 Å². The molecule has 0 aliphatic heterocycles. The van der Waals surface area contributed by atoms with Crippen LogP contribution in [0.3, 0.4) is 0 Å². The number of halogens is 1. The molecule has 0 bridgehead atoms. The Balaban J connectivity index is 1.52. The number of unbranched alkanes of at least 4 members (excludes halogenated alkanes) is 2. The first-order valence-corrected chi connectivity index (χ1v) is 10.6. The van der Waals surface area contributed by atoms with Gasteiger partial charge in [0.15, 0.2) is 0 Å². The molecule has 4 unspecified atom stereocenters. The molecule has 0 spiro atoms. The van der Waals surface area contributed by atoms with Crippen LogP contribution < -0.4 is 0 Å². The van der Waals surface area contributed by atoms with Crippen molar-refractivity contribution in [3.8, 4) is 0 Å². The van der Waals surface area contributed by atoms with Gasteiger partial charge in [-0.1, -0.05) is 51.2 Å². The van der Waals surface area contributed by atoms with E-state index in [9.17, 15) is 0 Å². The van der Waals surface area contributed by atoms with Crippen molar-refractivity contribution in [3.63, 3.8) is 0 Å². The number of hydrogen-bond acceptors (Lipinski definition) is 0. The maximum Gasteiger partial charge on any atom is 0.0130 e. The quantitative estimate of drug-likeness (QED) is 0.357. The van der Waals surface area contributed by atoms with Crippen LogP contribution in [-0.2, 0) is 0 Å². The lowest BCUT2D eigenvalue weighted by atomic mass is 9.63. The molecule has 0 saturated heterocycles. The monoisotopic (exact) mass is 410 g/mol. The first kappa shape index (κ1) is 16.8. The Morgan fingerprint density at radius 3 is 2.41 bits per heavy atom. The fourth-order valence-electron chi connectivity index (χ4n) is 4.97.